The van der Waals surface area contributed by atoms with Gasteiger partial charge in [-0.15, -0.1) is 0 Å². The maximum Gasteiger partial charge on any atom is 0.152 e. The molecular formula is C17H18N4O. The van der Waals surface area contributed by atoms with E-state index >= 15 is 0 Å². The molecule has 22 heavy (non-hydrogen) atoms. The highest BCUT2D eigenvalue weighted by molar-refractivity contribution is 5.68. The molecule has 5 nitrogen and oxygen atoms in total. The Hall–Kier alpha value is -2.56. The van der Waals surface area contributed by atoms with E-state index in [1.807, 2.05) is 23.7 Å². The van der Waals surface area contributed by atoms with Gasteiger partial charge in [0.2, 0.25) is 0 Å². The first-order valence-electron chi connectivity index (χ1n) is 7.52. The van der Waals surface area contributed by atoms with Crippen LogP contribution in [0.4, 0.5) is 5.82 Å². The van der Waals surface area contributed by atoms with Crippen LogP contribution in [-0.2, 0) is 0 Å². The first kappa shape index (κ1) is 13.1. The summed E-state index contributed by atoms with van der Waals surface area (Å²) >= 11 is 0. The number of hydrogen-bond donors (Lipinski definition) is 1. The summed E-state index contributed by atoms with van der Waals surface area (Å²) in [6, 6.07) is 8.54. The van der Waals surface area contributed by atoms with Gasteiger partial charge in [-0.3, -0.25) is 0 Å². The van der Waals surface area contributed by atoms with Crippen LogP contribution < -0.4 is 10.1 Å². The van der Waals surface area contributed by atoms with Crippen molar-refractivity contribution < 1.29 is 4.74 Å². The van der Waals surface area contributed by atoms with Crippen LogP contribution in [0, 0.1) is 13.8 Å². The Kier molecular flexibility index (Phi) is 2.99. The average molecular weight is 294 g/mol. The van der Waals surface area contributed by atoms with E-state index in [1.54, 1.807) is 6.20 Å². The SMILES string of the molecule is Cc1cc2c(N[C@H]3CCOc4c(C)cccc43)nccn2n1. The fraction of sp³-hybridized carbons (Fsp3) is 0.294. The van der Waals surface area contributed by atoms with Crippen LogP contribution in [-0.4, -0.2) is 21.2 Å². The molecule has 0 bridgehead atoms. The Bertz CT molecular complexity index is 840. The molecule has 3 heterocycles. The molecule has 3 aromatic rings. The molecule has 1 aliphatic heterocycles. The Balaban J connectivity index is 1.74. The molecule has 0 radical (unpaired) electrons. The molecule has 0 saturated carbocycles. The predicted octanol–water partition coefficient (Wildman–Crippen LogP) is 3.28. The van der Waals surface area contributed by atoms with Crippen LogP contribution in [0.15, 0.2) is 36.7 Å². The van der Waals surface area contributed by atoms with E-state index in [4.69, 9.17) is 4.74 Å². The van der Waals surface area contributed by atoms with Gasteiger partial charge >= 0.3 is 0 Å². The minimum Gasteiger partial charge on any atom is -0.493 e. The zero-order chi connectivity index (χ0) is 15.1. The maximum atomic E-state index is 5.84. The molecule has 0 amide bonds. The van der Waals surface area contributed by atoms with E-state index in [0.717, 1.165) is 35.8 Å². The van der Waals surface area contributed by atoms with Crippen molar-refractivity contribution in [2.45, 2.75) is 26.3 Å². The molecule has 0 saturated heterocycles. The number of nitrogens with one attached hydrogen (secondary N) is 1. The smallest absolute Gasteiger partial charge is 0.152 e. The van der Waals surface area contributed by atoms with E-state index < -0.39 is 0 Å². The fourth-order valence-electron chi connectivity index (χ4n) is 3.05. The maximum absolute atomic E-state index is 5.84. The van der Waals surface area contributed by atoms with Crippen molar-refractivity contribution >= 4 is 11.3 Å². The van der Waals surface area contributed by atoms with Crippen LogP contribution in [0.25, 0.3) is 5.52 Å². The number of hydrogen-bond acceptors (Lipinski definition) is 4. The summed E-state index contributed by atoms with van der Waals surface area (Å²) in [7, 11) is 0. The van der Waals surface area contributed by atoms with E-state index in [2.05, 4.69) is 40.5 Å². The van der Waals surface area contributed by atoms with Crippen molar-refractivity contribution in [3.05, 3.63) is 53.5 Å². The fourth-order valence-corrected chi connectivity index (χ4v) is 3.05. The van der Waals surface area contributed by atoms with Crippen molar-refractivity contribution in [2.75, 3.05) is 11.9 Å². The molecule has 1 aromatic carbocycles. The molecule has 1 aliphatic rings. The lowest BCUT2D eigenvalue weighted by Gasteiger charge is -2.28. The van der Waals surface area contributed by atoms with Gasteiger partial charge in [-0.2, -0.15) is 5.10 Å². The third-order valence-corrected chi connectivity index (χ3v) is 4.09. The van der Waals surface area contributed by atoms with Crippen LogP contribution in [0.1, 0.15) is 29.3 Å². The number of ether oxygens (including phenoxy) is 1. The van der Waals surface area contributed by atoms with Gasteiger partial charge in [0, 0.05) is 24.4 Å². The summed E-state index contributed by atoms with van der Waals surface area (Å²) in [6.45, 7) is 4.79. The molecule has 0 fully saturated rings. The zero-order valence-corrected chi connectivity index (χ0v) is 12.7. The van der Waals surface area contributed by atoms with Gasteiger partial charge < -0.3 is 10.1 Å². The van der Waals surface area contributed by atoms with Gasteiger partial charge in [0.1, 0.15) is 11.3 Å². The summed E-state index contributed by atoms with van der Waals surface area (Å²) < 4.78 is 7.70. The highest BCUT2D eigenvalue weighted by atomic mass is 16.5. The zero-order valence-electron chi connectivity index (χ0n) is 12.7. The molecule has 0 spiro atoms. The largest absolute Gasteiger partial charge is 0.493 e. The van der Waals surface area contributed by atoms with Gasteiger partial charge in [0.25, 0.3) is 0 Å². The Morgan fingerprint density at radius 2 is 2.23 bits per heavy atom. The lowest BCUT2D eigenvalue weighted by Crippen LogP contribution is -2.21. The average Bonchev–Trinajstić information content (AvgIpc) is 2.90. The van der Waals surface area contributed by atoms with Gasteiger partial charge in [-0.1, -0.05) is 18.2 Å². The van der Waals surface area contributed by atoms with E-state index in [-0.39, 0.29) is 6.04 Å². The Morgan fingerprint density at radius 1 is 1.32 bits per heavy atom. The molecule has 4 rings (SSSR count). The van der Waals surface area contributed by atoms with Crippen molar-refractivity contribution in [3.8, 4) is 5.75 Å². The number of rotatable bonds is 2. The Labute approximate surface area is 128 Å². The molecule has 112 valence electrons. The topological polar surface area (TPSA) is 51.5 Å². The van der Waals surface area contributed by atoms with Crippen LogP contribution in [0.2, 0.25) is 0 Å². The molecule has 0 aliphatic carbocycles. The first-order valence-corrected chi connectivity index (χ1v) is 7.52. The number of nitrogens with zero attached hydrogens (tertiary/aromatic N) is 3. The number of aryl methyl sites for hydroxylation is 2. The third kappa shape index (κ3) is 2.09. The second kappa shape index (κ2) is 5.02. The second-order valence-corrected chi connectivity index (χ2v) is 5.72. The minimum absolute atomic E-state index is 0.206. The summed E-state index contributed by atoms with van der Waals surface area (Å²) in [4.78, 5) is 4.50. The Morgan fingerprint density at radius 3 is 3.14 bits per heavy atom. The first-order chi connectivity index (χ1) is 10.7. The van der Waals surface area contributed by atoms with E-state index in [9.17, 15) is 0 Å². The van der Waals surface area contributed by atoms with Crippen molar-refractivity contribution in [1.82, 2.24) is 14.6 Å². The lowest BCUT2D eigenvalue weighted by atomic mass is 9.98. The third-order valence-electron chi connectivity index (χ3n) is 4.09. The van der Waals surface area contributed by atoms with E-state index in [1.165, 1.54) is 11.1 Å². The number of anilines is 1. The van der Waals surface area contributed by atoms with Crippen LogP contribution in [0.3, 0.4) is 0 Å². The number of para-hydroxylation sites is 1. The standard InChI is InChI=1S/C17H18N4O/c1-11-4-3-5-13-14(6-9-22-16(11)13)19-17-15-10-12(2)20-21(15)8-7-18-17/h3-5,7-8,10,14H,6,9H2,1-2H3,(H,18,19)/t14-/m0/s1. The quantitative estimate of drug-likeness (QED) is 0.788. The van der Waals surface area contributed by atoms with Crippen LogP contribution >= 0.6 is 0 Å². The minimum atomic E-state index is 0.206. The number of aromatic nitrogens is 3. The summed E-state index contributed by atoms with van der Waals surface area (Å²) in [6.07, 6.45) is 4.57. The van der Waals surface area contributed by atoms with Crippen molar-refractivity contribution in [1.29, 1.82) is 0 Å². The van der Waals surface area contributed by atoms with Gasteiger partial charge in [0.05, 0.1) is 18.3 Å². The molecule has 5 heteroatoms. The summed E-state index contributed by atoms with van der Waals surface area (Å²) in [5, 5.41) is 8.01. The summed E-state index contributed by atoms with van der Waals surface area (Å²) in [5.41, 5.74) is 4.36. The number of fused-ring (bicyclic) bond motifs is 2. The predicted molar refractivity (Wildman–Crippen MR) is 85.4 cm³/mol. The normalized spacial score (nSPS) is 17.1. The molecule has 2 aromatic heterocycles. The molecular weight excluding hydrogens is 276 g/mol. The van der Waals surface area contributed by atoms with Crippen molar-refractivity contribution in [3.63, 3.8) is 0 Å². The molecule has 0 unspecified atom stereocenters. The summed E-state index contributed by atoms with van der Waals surface area (Å²) in [5.74, 6) is 1.87. The monoisotopic (exact) mass is 294 g/mol. The van der Waals surface area contributed by atoms with Crippen LogP contribution in [0.5, 0.6) is 5.75 Å². The lowest BCUT2D eigenvalue weighted by molar-refractivity contribution is 0.272. The molecule has 1 atom stereocenters. The highest BCUT2D eigenvalue weighted by Gasteiger charge is 2.23. The van der Waals surface area contributed by atoms with Gasteiger partial charge in [-0.25, -0.2) is 9.50 Å². The molecule has 1 N–H and O–H groups in total. The van der Waals surface area contributed by atoms with Crippen molar-refractivity contribution in [2.24, 2.45) is 0 Å². The van der Waals surface area contributed by atoms with Gasteiger partial charge in [0.15, 0.2) is 5.82 Å². The second-order valence-electron chi connectivity index (χ2n) is 5.72. The highest BCUT2D eigenvalue weighted by Crippen LogP contribution is 2.36. The van der Waals surface area contributed by atoms with Gasteiger partial charge in [-0.05, 0) is 25.5 Å². The van der Waals surface area contributed by atoms with E-state index in [0.29, 0.717) is 0 Å². The number of benzene rings is 1.